The van der Waals surface area contributed by atoms with Gasteiger partial charge < -0.3 is 9.76 Å². The molecule has 0 unspecified atom stereocenters. The minimum atomic E-state index is -0.784. The van der Waals surface area contributed by atoms with E-state index in [1.807, 2.05) is 35.2 Å². The predicted octanol–water partition coefficient (Wildman–Crippen LogP) is 9.72. The van der Waals surface area contributed by atoms with Gasteiger partial charge in [0, 0.05) is 35.6 Å². The van der Waals surface area contributed by atoms with Gasteiger partial charge >= 0.3 is 7.48 Å². The molecular weight excluding hydrogens is 573 g/mol. The third kappa shape index (κ3) is 4.79. The van der Waals surface area contributed by atoms with Gasteiger partial charge in [0.15, 0.2) is 5.60 Å². The molecule has 0 saturated carbocycles. The highest BCUT2D eigenvalue weighted by molar-refractivity contribution is 6.57. The molecule has 2 N–H and O–H groups in total. The van der Waals surface area contributed by atoms with Gasteiger partial charge in [0.1, 0.15) is 5.60 Å². The molecule has 227 valence electrons. The largest absolute Gasteiger partial charge is 0.439 e. The molecular formula is C43H36BNO2+. The van der Waals surface area contributed by atoms with Crippen molar-refractivity contribution in [3.63, 3.8) is 0 Å². The lowest BCUT2D eigenvalue weighted by atomic mass is 9.75. The lowest BCUT2D eigenvalue weighted by Gasteiger charge is -2.34. The van der Waals surface area contributed by atoms with Crippen LogP contribution in [0.25, 0.3) is 76.4 Å². The Morgan fingerprint density at radius 1 is 0.553 bits per heavy atom. The zero-order chi connectivity index (χ0) is 32.3. The molecule has 4 heteroatoms. The summed E-state index contributed by atoms with van der Waals surface area (Å²) in [4.78, 5) is 5.28. The van der Waals surface area contributed by atoms with Crippen molar-refractivity contribution in [2.24, 2.45) is 0 Å². The Balaban J connectivity index is 1.50. The summed E-state index contributed by atoms with van der Waals surface area (Å²) in [6.07, 6.45) is 0. The third-order valence-corrected chi connectivity index (χ3v) is 9.97. The van der Waals surface area contributed by atoms with Crippen LogP contribution >= 0.6 is 0 Å². The van der Waals surface area contributed by atoms with Crippen LogP contribution in [0.4, 0.5) is 0 Å². The number of benzene rings is 7. The summed E-state index contributed by atoms with van der Waals surface area (Å²) >= 11 is 0. The summed E-state index contributed by atoms with van der Waals surface area (Å²) in [5, 5.41) is 19.2. The van der Waals surface area contributed by atoms with E-state index in [1.54, 1.807) is 0 Å². The fourth-order valence-electron chi connectivity index (χ4n) is 6.77. The van der Waals surface area contributed by atoms with Crippen molar-refractivity contribution in [1.82, 2.24) is 4.98 Å². The molecule has 3 nitrogen and oxygen atoms in total. The van der Waals surface area contributed by atoms with E-state index in [2.05, 4.69) is 133 Å². The van der Waals surface area contributed by atoms with E-state index in [0.29, 0.717) is 0 Å². The highest BCUT2D eigenvalue weighted by Crippen LogP contribution is 2.45. The average Bonchev–Trinajstić information content (AvgIpc) is 3.09. The summed E-state index contributed by atoms with van der Waals surface area (Å²) in [5.74, 6) is 0. The van der Waals surface area contributed by atoms with E-state index in [0.717, 1.165) is 54.6 Å². The first-order chi connectivity index (χ1) is 22.7. The number of pyridine rings is 1. The van der Waals surface area contributed by atoms with Gasteiger partial charge in [-0.15, -0.1) is 0 Å². The molecule has 7 aromatic carbocycles. The standard InChI is InChI=1S/C43H35BNO2/c1-42(2,46)43(3,4)47-44-40-32-22-12-10-20-30(32)38(31-21-11-13-23-33(31)40)35-26-36-39(29-19-9-8-18-28(29)35)34-24-14-15-25-37(34)45-41(36)27-16-6-5-7-17-27/h5-26,46H,1-4H3/p+1. The second-order valence-electron chi connectivity index (χ2n) is 13.5. The van der Waals surface area contributed by atoms with Crippen LogP contribution < -0.4 is 5.46 Å². The van der Waals surface area contributed by atoms with Crippen molar-refractivity contribution in [1.29, 1.82) is 0 Å². The van der Waals surface area contributed by atoms with Crippen molar-refractivity contribution in [3.05, 3.63) is 133 Å². The molecule has 0 aliphatic heterocycles. The fraction of sp³-hybridized carbons (Fsp3) is 0.140. The molecule has 0 spiro atoms. The van der Waals surface area contributed by atoms with Gasteiger partial charge in [0.05, 0.1) is 11.2 Å². The van der Waals surface area contributed by atoms with Gasteiger partial charge in [-0.2, -0.15) is 0 Å². The Morgan fingerprint density at radius 3 is 1.68 bits per heavy atom. The number of hydrogen-bond donors (Lipinski definition) is 0. The summed E-state index contributed by atoms with van der Waals surface area (Å²) in [5.41, 5.74) is 5.00. The second kappa shape index (κ2) is 11.1. The first-order valence-corrected chi connectivity index (χ1v) is 16.2. The smallest absolute Gasteiger partial charge is 0.332 e. The normalized spacial score (nSPS) is 12.4. The van der Waals surface area contributed by atoms with E-state index in [9.17, 15) is 0 Å². The van der Waals surface area contributed by atoms with Crippen LogP contribution in [-0.4, -0.2) is 28.8 Å². The van der Waals surface area contributed by atoms with Gasteiger partial charge in [-0.3, -0.25) is 0 Å². The lowest BCUT2D eigenvalue weighted by Crippen LogP contribution is -2.49. The molecule has 47 heavy (non-hydrogen) atoms. The van der Waals surface area contributed by atoms with E-state index in [4.69, 9.17) is 14.7 Å². The molecule has 0 fully saturated rings. The van der Waals surface area contributed by atoms with Crippen molar-refractivity contribution in [2.75, 3.05) is 0 Å². The molecule has 1 radical (unpaired) electrons. The minimum Gasteiger partial charge on any atom is -0.439 e. The van der Waals surface area contributed by atoms with Crippen molar-refractivity contribution in [3.8, 4) is 22.4 Å². The Kier molecular flexibility index (Phi) is 6.91. The number of rotatable bonds is 6. The highest BCUT2D eigenvalue weighted by Gasteiger charge is 2.40. The van der Waals surface area contributed by atoms with Crippen LogP contribution in [0.5, 0.6) is 0 Å². The molecule has 1 aromatic heterocycles. The molecule has 0 saturated heterocycles. The quantitative estimate of drug-likeness (QED) is 0.0816. The summed E-state index contributed by atoms with van der Waals surface area (Å²) in [7, 11) is 1.88. The van der Waals surface area contributed by atoms with E-state index >= 15 is 0 Å². The van der Waals surface area contributed by atoms with Crippen LogP contribution in [0.1, 0.15) is 27.7 Å². The predicted molar refractivity (Wildman–Crippen MR) is 201 cm³/mol. The minimum absolute atomic E-state index is 0.688. The number of nitrogens with zero attached hydrogens (tertiary/aromatic N) is 1. The second-order valence-corrected chi connectivity index (χ2v) is 13.5. The highest BCUT2D eigenvalue weighted by atomic mass is 16.5. The Hall–Kier alpha value is -5.03. The van der Waals surface area contributed by atoms with Gasteiger partial charge in [0.25, 0.3) is 0 Å². The Labute approximate surface area is 275 Å². The summed E-state index contributed by atoms with van der Waals surface area (Å²) in [6, 6.07) is 47.5. The maximum Gasteiger partial charge on any atom is 0.332 e. The monoisotopic (exact) mass is 609 g/mol. The molecule has 0 aliphatic rings. The van der Waals surface area contributed by atoms with E-state index in [1.165, 1.54) is 27.3 Å². The van der Waals surface area contributed by atoms with E-state index in [-0.39, 0.29) is 0 Å². The topological polar surface area (TPSA) is 45.0 Å². The molecule has 1 heterocycles. The van der Waals surface area contributed by atoms with Crippen molar-refractivity contribution in [2.45, 2.75) is 38.9 Å². The SMILES string of the molecule is CC(C)([OH2+])C(C)(C)O[B]c1c2ccccc2c(-c2cc3c(-c4ccccc4)nc4ccccc4c3c3ccccc23)c2ccccc12. The van der Waals surface area contributed by atoms with E-state index < -0.39 is 11.2 Å². The van der Waals surface area contributed by atoms with Gasteiger partial charge in [-0.05, 0) is 74.9 Å². The Bertz CT molecular complexity index is 2420. The molecule has 0 atom stereocenters. The number of hydrogen-bond acceptors (Lipinski definition) is 2. The third-order valence-electron chi connectivity index (χ3n) is 9.97. The molecule has 0 amide bonds. The van der Waals surface area contributed by atoms with Gasteiger partial charge in [0.2, 0.25) is 0 Å². The molecule has 8 aromatic rings. The first-order valence-electron chi connectivity index (χ1n) is 16.2. The van der Waals surface area contributed by atoms with Crippen LogP contribution in [0, 0.1) is 0 Å². The molecule has 0 aliphatic carbocycles. The summed E-state index contributed by atoms with van der Waals surface area (Å²) in [6.45, 7) is 7.76. The maximum absolute atomic E-state index is 8.70. The maximum atomic E-state index is 8.70. The van der Waals surface area contributed by atoms with Crippen LogP contribution in [-0.2, 0) is 4.65 Å². The average molecular weight is 610 g/mol. The zero-order valence-corrected chi connectivity index (χ0v) is 27.1. The molecule has 8 rings (SSSR count). The number of aromatic nitrogens is 1. The van der Waals surface area contributed by atoms with Gasteiger partial charge in [-0.25, -0.2) is 4.98 Å². The zero-order valence-electron chi connectivity index (χ0n) is 27.1. The van der Waals surface area contributed by atoms with Crippen molar-refractivity contribution < 1.29 is 9.76 Å². The summed E-state index contributed by atoms with van der Waals surface area (Å²) < 4.78 is 6.45. The fourth-order valence-corrected chi connectivity index (χ4v) is 6.77. The van der Waals surface area contributed by atoms with Crippen molar-refractivity contribution >= 4 is 66.9 Å². The number of fused-ring (bicyclic) bond motifs is 7. The first kappa shape index (κ1) is 29.4. The Morgan fingerprint density at radius 2 is 1.06 bits per heavy atom. The van der Waals surface area contributed by atoms with Crippen LogP contribution in [0.2, 0.25) is 0 Å². The number of para-hydroxylation sites is 1. The molecule has 0 bridgehead atoms. The van der Waals surface area contributed by atoms with Gasteiger partial charge in [-0.1, -0.05) is 121 Å². The van der Waals surface area contributed by atoms with Crippen LogP contribution in [0.15, 0.2) is 133 Å². The lowest BCUT2D eigenvalue weighted by molar-refractivity contribution is -0.0892. The van der Waals surface area contributed by atoms with Crippen LogP contribution in [0.3, 0.4) is 0 Å².